The van der Waals surface area contributed by atoms with Crippen LogP contribution in [0.25, 0.3) is 0 Å². The molecule has 1 unspecified atom stereocenters. The highest BCUT2D eigenvalue weighted by atomic mass is 35.5. The van der Waals surface area contributed by atoms with Gasteiger partial charge in [-0.1, -0.05) is 23.2 Å². The molecule has 1 aromatic rings. The van der Waals surface area contributed by atoms with E-state index in [1.165, 1.54) is 12.1 Å². The molecule has 0 heterocycles. The Balaban J connectivity index is 1.80. The molecular weight excluding hydrogens is 302 g/mol. The summed E-state index contributed by atoms with van der Waals surface area (Å²) in [6.45, 7) is 3.03. The molecule has 1 fully saturated rings. The van der Waals surface area contributed by atoms with Crippen LogP contribution in [0, 0.1) is 11.7 Å². The second kappa shape index (κ2) is 6.74. The van der Waals surface area contributed by atoms with Crippen molar-refractivity contribution in [3.63, 3.8) is 0 Å². The van der Waals surface area contributed by atoms with Crippen LogP contribution in [0.4, 0.5) is 4.39 Å². The molecule has 1 saturated carbocycles. The van der Waals surface area contributed by atoms with Crippen molar-refractivity contribution in [2.45, 2.75) is 25.8 Å². The second-order valence-corrected chi connectivity index (χ2v) is 5.84. The summed E-state index contributed by atoms with van der Waals surface area (Å²) in [7, 11) is 0. The van der Waals surface area contributed by atoms with E-state index in [1.807, 2.05) is 6.92 Å². The van der Waals surface area contributed by atoms with E-state index in [9.17, 15) is 9.18 Å². The van der Waals surface area contributed by atoms with Gasteiger partial charge in [0, 0.05) is 30.1 Å². The van der Waals surface area contributed by atoms with Gasteiger partial charge in [-0.05, 0) is 37.5 Å². The first kappa shape index (κ1) is 15.5. The maximum absolute atomic E-state index is 13.4. The van der Waals surface area contributed by atoms with Crippen molar-refractivity contribution < 1.29 is 9.18 Å². The largest absolute Gasteiger partial charge is 0.355 e. The fourth-order valence-corrected chi connectivity index (χ4v) is 2.49. The molecule has 1 aliphatic rings. The van der Waals surface area contributed by atoms with Crippen LogP contribution >= 0.6 is 23.2 Å². The van der Waals surface area contributed by atoms with Gasteiger partial charge < -0.3 is 10.6 Å². The molecule has 1 amide bonds. The monoisotopic (exact) mass is 318 g/mol. The van der Waals surface area contributed by atoms with Crippen molar-refractivity contribution in [3.05, 3.63) is 33.6 Å². The highest BCUT2D eigenvalue weighted by molar-refractivity contribution is 6.35. The zero-order chi connectivity index (χ0) is 14.7. The van der Waals surface area contributed by atoms with Gasteiger partial charge in [0.05, 0.1) is 5.02 Å². The number of amides is 1. The fraction of sp³-hybridized carbons (Fsp3) is 0.500. The Morgan fingerprint density at radius 2 is 2.05 bits per heavy atom. The highest BCUT2D eigenvalue weighted by Crippen LogP contribution is 2.29. The van der Waals surface area contributed by atoms with E-state index in [1.54, 1.807) is 0 Å². The molecule has 110 valence electrons. The summed E-state index contributed by atoms with van der Waals surface area (Å²) < 4.78 is 13.4. The minimum atomic E-state index is -0.484. The summed E-state index contributed by atoms with van der Waals surface area (Å²) >= 11 is 11.7. The van der Waals surface area contributed by atoms with E-state index < -0.39 is 5.82 Å². The Kier molecular flexibility index (Phi) is 5.24. The van der Waals surface area contributed by atoms with Crippen LogP contribution < -0.4 is 10.6 Å². The van der Waals surface area contributed by atoms with Crippen molar-refractivity contribution in [2.75, 3.05) is 13.1 Å². The van der Waals surface area contributed by atoms with Gasteiger partial charge in [0.2, 0.25) is 5.91 Å². The minimum Gasteiger partial charge on any atom is -0.355 e. The van der Waals surface area contributed by atoms with Gasteiger partial charge in [-0.25, -0.2) is 4.39 Å². The number of nitrogens with one attached hydrogen (secondary N) is 2. The SMILES string of the molecule is CC(NCCNC(=O)C1CC1)c1cc(F)c(Cl)cc1Cl. The fourth-order valence-electron chi connectivity index (χ4n) is 1.94. The Hall–Kier alpha value is -0.840. The quantitative estimate of drug-likeness (QED) is 0.624. The van der Waals surface area contributed by atoms with Gasteiger partial charge >= 0.3 is 0 Å². The Morgan fingerprint density at radius 3 is 2.70 bits per heavy atom. The number of carbonyl (C=O) groups is 1. The van der Waals surface area contributed by atoms with Gasteiger partial charge in [0.1, 0.15) is 5.82 Å². The Bertz CT molecular complexity index is 506. The predicted octanol–water partition coefficient (Wildman–Crippen LogP) is 3.31. The second-order valence-electron chi connectivity index (χ2n) is 5.03. The molecule has 1 aromatic carbocycles. The zero-order valence-corrected chi connectivity index (χ0v) is 12.7. The summed E-state index contributed by atoms with van der Waals surface area (Å²) in [4.78, 5) is 11.4. The van der Waals surface area contributed by atoms with E-state index in [0.29, 0.717) is 23.7 Å². The average molecular weight is 319 g/mol. The first-order valence-electron chi connectivity index (χ1n) is 6.64. The lowest BCUT2D eigenvalue weighted by molar-refractivity contribution is -0.122. The van der Waals surface area contributed by atoms with Gasteiger partial charge in [-0.2, -0.15) is 0 Å². The minimum absolute atomic E-state index is 0.0163. The molecule has 20 heavy (non-hydrogen) atoms. The lowest BCUT2D eigenvalue weighted by atomic mass is 10.1. The molecule has 0 radical (unpaired) electrons. The van der Waals surface area contributed by atoms with Crippen molar-refractivity contribution in [3.8, 4) is 0 Å². The van der Waals surface area contributed by atoms with Gasteiger partial charge in [-0.3, -0.25) is 4.79 Å². The summed E-state index contributed by atoms with van der Waals surface area (Å²) in [5.41, 5.74) is 0.655. The van der Waals surface area contributed by atoms with Gasteiger partial charge in [0.25, 0.3) is 0 Å². The summed E-state index contributed by atoms with van der Waals surface area (Å²) in [6, 6.07) is 2.62. The third-order valence-electron chi connectivity index (χ3n) is 3.33. The molecular formula is C14H17Cl2FN2O. The summed E-state index contributed by atoms with van der Waals surface area (Å²) in [5.74, 6) is -0.149. The number of benzene rings is 1. The maximum atomic E-state index is 13.4. The molecule has 1 aliphatic carbocycles. The molecule has 3 nitrogen and oxygen atoms in total. The van der Waals surface area contributed by atoms with Crippen LogP contribution in [0.15, 0.2) is 12.1 Å². The summed E-state index contributed by atoms with van der Waals surface area (Å²) in [6.07, 6.45) is 1.99. The number of carbonyl (C=O) groups excluding carboxylic acids is 1. The molecule has 0 aromatic heterocycles. The predicted molar refractivity (Wildman–Crippen MR) is 78.6 cm³/mol. The lowest BCUT2D eigenvalue weighted by Gasteiger charge is -2.16. The van der Waals surface area contributed by atoms with E-state index in [0.717, 1.165) is 12.8 Å². The first-order chi connectivity index (χ1) is 9.49. The van der Waals surface area contributed by atoms with Crippen LogP contribution in [0.5, 0.6) is 0 Å². The van der Waals surface area contributed by atoms with Crippen molar-refractivity contribution in [1.82, 2.24) is 10.6 Å². The van der Waals surface area contributed by atoms with Gasteiger partial charge in [0.15, 0.2) is 0 Å². The first-order valence-corrected chi connectivity index (χ1v) is 7.40. The zero-order valence-electron chi connectivity index (χ0n) is 11.2. The van der Waals surface area contributed by atoms with E-state index in [4.69, 9.17) is 23.2 Å². The number of halogens is 3. The van der Waals surface area contributed by atoms with Gasteiger partial charge in [-0.15, -0.1) is 0 Å². The average Bonchev–Trinajstić information content (AvgIpc) is 3.22. The molecule has 0 spiro atoms. The molecule has 6 heteroatoms. The van der Waals surface area contributed by atoms with Crippen LogP contribution in [0.1, 0.15) is 31.4 Å². The van der Waals surface area contributed by atoms with Crippen molar-refractivity contribution in [2.24, 2.45) is 5.92 Å². The molecule has 2 N–H and O–H groups in total. The molecule has 0 aliphatic heterocycles. The Morgan fingerprint density at radius 1 is 1.35 bits per heavy atom. The number of hydrogen-bond acceptors (Lipinski definition) is 2. The summed E-state index contributed by atoms with van der Waals surface area (Å²) in [5, 5.41) is 6.49. The van der Waals surface area contributed by atoms with Crippen LogP contribution in [-0.4, -0.2) is 19.0 Å². The topological polar surface area (TPSA) is 41.1 Å². The third kappa shape index (κ3) is 4.08. The highest BCUT2D eigenvalue weighted by Gasteiger charge is 2.29. The Labute approximate surface area is 127 Å². The van der Waals surface area contributed by atoms with Crippen molar-refractivity contribution >= 4 is 29.1 Å². The molecule has 0 bridgehead atoms. The van der Waals surface area contributed by atoms with Crippen LogP contribution in [-0.2, 0) is 4.79 Å². The number of rotatable bonds is 6. The van der Waals surface area contributed by atoms with Crippen LogP contribution in [0.2, 0.25) is 10.0 Å². The third-order valence-corrected chi connectivity index (χ3v) is 3.95. The number of hydrogen-bond donors (Lipinski definition) is 2. The molecule has 1 atom stereocenters. The molecule has 2 rings (SSSR count). The van der Waals surface area contributed by atoms with E-state index in [2.05, 4.69) is 10.6 Å². The maximum Gasteiger partial charge on any atom is 0.223 e. The smallest absolute Gasteiger partial charge is 0.223 e. The lowest BCUT2D eigenvalue weighted by Crippen LogP contribution is -2.33. The standard InChI is InChI=1S/C14H17Cl2FN2O/c1-8(10-6-13(17)12(16)7-11(10)15)18-4-5-19-14(20)9-2-3-9/h6-9,18H,2-5H2,1H3,(H,19,20). The van der Waals surface area contributed by atoms with E-state index in [-0.39, 0.29) is 22.9 Å². The normalized spacial score (nSPS) is 16.0. The molecule has 0 saturated heterocycles. The van der Waals surface area contributed by atoms with Crippen LogP contribution in [0.3, 0.4) is 0 Å². The van der Waals surface area contributed by atoms with E-state index >= 15 is 0 Å². The van der Waals surface area contributed by atoms with Crippen molar-refractivity contribution in [1.29, 1.82) is 0 Å².